The van der Waals surface area contributed by atoms with Gasteiger partial charge in [-0.2, -0.15) is 0 Å². The molecule has 1 atom stereocenters. The van der Waals surface area contributed by atoms with Crippen molar-refractivity contribution in [1.29, 1.82) is 0 Å². The van der Waals surface area contributed by atoms with E-state index in [2.05, 4.69) is 42.9 Å². The van der Waals surface area contributed by atoms with Gasteiger partial charge < -0.3 is 4.74 Å². The predicted octanol–water partition coefficient (Wildman–Crippen LogP) is 5.44. The first-order valence-corrected chi connectivity index (χ1v) is 8.09. The summed E-state index contributed by atoms with van der Waals surface area (Å²) in [7, 11) is 1.44. The Labute approximate surface area is 125 Å². The van der Waals surface area contributed by atoms with Gasteiger partial charge in [0.25, 0.3) is 0 Å². The Morgan fingerprint density at radius 1 is 1.10 bits per heavy atom. The number of carbonyl (C=O) groups excluding carboxylic acids is 1. The van der Waals surface area contributed by atoms with E-state index >= 15 is 0 Å². The van der Waals surface area contributed by atoms with Gasteiger partial charge >= 0.3 is 5.97 Å². The van der Waals surface area contributed by atoms with Crippen LogP contribution in [-0.4, -0.2) is 13.1 Å². The maximum Gasteiger partial charge on any atom is 0.305 e. The number of ether oxygens (including phenoxy) is 1. The van der Waals surface area contributed by atoms with Crippen LogP contribution in [-0.2, 0) is 9.53 Å². The largest absolute Gasteiger partial charge is 0.469 e. The van der Waals surface area contributed by atoms with Crippen LogP contribution in [0.2, 0.25) is 0 Å². The summed E-state index contributed by atoms with van der Waals surface area (Å²) < 4.78 is 4.64. The van der Waals surface area contributed by atoms with Gasteiger partial charge in [0, 0.05) is 6.42 Å². The van der Waals surface area contributed by atoms with Gasteiger partial charge in [-0.05, 0) is 31.6 Å². The fraction of sp³-hybridized carbons (Fsp3) is 0.722. The molecular formula is C18H32O2. The van der Waals surface area contributed by atoms with Crippen LogP contribution in [0.3, 0.4) is 0 Å². The number of esters is 1. The third-order valence-corrected chi connectivity index (χ3v) is 3.47. The number of rotatable bonds is 12. The van der Waals surface area contributed by atoms with Crippen LogP contribution in [0.15, 0.2) is 24.3 Å². The van der Waals surface area contributed by atoms with E-state index < -0.39 is 0 Å². The highest BCUT2D eigenvalue weighted by Gasteiger charge is 2.04. The summed E-state index contributed by atoms with van der Waals surface area (Å²) in [6, 6.07) is 0. The molecule has 0 bridgehead atoms. The van der Waals surface area contributed by atoms with Crippen LogP contribution >= 0.6 is 0 Å². The fourth-order valence-electron chi connectivity index (χ4n) is 2.01. The lowest BCUT2D eigenvalue weighted by atomic mass is 10.0. The second-order valence-corrected chi connectivity index (χ2v) is 5.51. The molecule has 0 unspecified atom stereocenters. The van der Waals surface area contributed by atoms with Crippen molar-refractivity contribution in [3.8, 4) is 0 Å². The van der Waals surface area contributed by atoms with E-state index in [0.717, 1.165) is 12.8 Å². The number of unbranched alkanes of at least 4 members (excludes halogenated alkanes) is 5. The Morgan fingerprint density at radius 2 is 1.80 bits per heavy atom. The first-order valence-electron chi connectivity index (χ1n) is 8.09. The van der Waals surface area contributed by atoms with E-state index in [4.69, 9.17) is 0 Å². The smallest absolute Gasteiger partial charge is 0.305 e. The summed E-state index contributed by atoms with van der Waals surface area (Å²) in [6.07, 6.45) is 19.1. The molecule has 0 aliphatic rings. The Bertz CT molecular complexity index is 279. The molecule has 0 heterocycles. The normalized spacial score (nSPS) is 13.2. The molecule has 0 saturated carbocycles. The molecule has 0 rings (SSSR count). The first kappa shape index (κ1) is 18.9. The first-order chi connectivity index (χ1) is 9.70. The molecular weight excluding hydrogens is 248 g/mol. The third-order valence-electron chi connectivity index (χ3n) is 3.47. The third kappa shape index (κ3) is 13.4. The molecule has 2 nitrogen and oxygen atoms in total. The quantitative estimate of drug-likeness (QED) is 0.270. The molecule has 2 heteroatoms. The van der Waals surface area contributed by atoms with E-state index in [1.54, 1.807) is 0 Å². The van der Waals surface area contributed by atoms with E-state index in [-0.39, 0.29) is 5.97 Å². The summed E-state index contributed by atoms with van der Waals surface area (Å²) in [5.41, 5.74) is 0. The summed E-state index contributed by atoms with van der Waals surface area (Å²) in [4.78, 5) is 11.0. The maximum atomic E-state index is 11.0. The van der Waals surface area contributed by atoms with Crippen LogP contribution < -0.4 is 0 Å². The van der Waals surface area contributed by atoms with Gasteiger partial charge in [0.05, 0.1) is 7.11 Å². The zero-order valence-electron chi connectivity index (χ0n) is 13.6. The molecule has 116 valence electrons. The molecule has 0 fully saturated rings. The summed E-state index contributed by atoms with van der Waals surface area (Å²) in [5.74, 6) is 0.427. The lowest BCUT2D eigenvalue weighted by molar-refractivity contribution is -0.140. The number of carbonyl (C=O) groups is 1. The second-order valence-electron chi connectivity index (χ2n) is 5.51. The van der Waals surface area contributed by atoms with Crippen molar-refractivity contribution in [2.45, 2.75) is 71.6 Å². The molecule has 0 aliphatic heterocycles. The van der Waals surface area contributed by atoms with Crippen LogP contribution in [0.4, 0.5) is 0 Å². The van der Waals surface area contributed by atoms with Gasteiger partial charge in [0.15, 0.2) is 0 Å². The second kappa shape index (κ2) is 14.4. The molecule has 0 aromatic rings. The molecule has 0 aromatic heterocycles. The highest BCUT2D eigenvalue weighted by Crippen LogP contribution is 2.11. The Morgan fingerprint density at radius 3 is 2.50 bits per heavy atom. The Balaban J connectivity index is 3.47. The zero-order valence-corrected chi connectivity index (χ0v) is 13.6. The lowest BCUT2D eigenvalue weighted by Crippen LogP contribution is -2.03. The summed E-state index contributed by atoms with van der Waals surface area (Å²) in [5, 5.41) is 0. The topological polar surface area (TPSA) is 26.3 Å². The van der Waals surface area contributed by atoms with Crippen LogP contribution in [0.25, 0.3) is 0 Å². The van der Waals surface area contributed by atoms with E-state index in [1.807, 2.05) is 0 Å². The van der Waals surface area contributed by atoms with Gasteiger partial charge in [0.2, 0.25) is 0 Å². The highest BCUT2D eigenvalue weighted by atomic mass is 16.5. The average Bonchev–Trinajstić information content (AvgIpc) is 2.46. The highest BCUT2D eigenvalue weighted by molar-refractivity contribution is 5.69. The van der Waals surface area contributed by atoms with Crippen LogP contribution in [0.1, 0.15) is 71.6 Å². The van der Waals surface area contributed by atoms with Gasteiger partial charge in [-0.1, -0.05) is 63.8 Å². The molecule has 0 saturated heterocycles. The number of hydrogen-bond acceptors (Lipinski definition) is 2. The molecule has 0 spiro atoms. The van der Waals surface area contributed by atoms with Crippen molar-refractivity contribution in [2.75, 3.05) is 7.11 Å². The van der Waals surface area contributed by atoms with Crippen molar-refractivity contribution in [3.63, 3.8) is 0 Å². The molecule has 0 radical (unpaired) electrons. The van der Waals surface area contributed by atoms with Crippen molar-refractivity contribution >= 4 is 5.97 Å². The predicted molar refractivity (Wildman–Crippen MR) is 86.7 cm³/mol. The van der Waals surface area contributed by atoms with Crippen LogP contribution in [0.5, 0.6) is 0 Å². The minimum absolute atomic E-state index is 0.108. The van der Waals surface area contributed by atoms with Crippen molar-refractivity contribution in [3.05, 3.63) is 24.3 Å². The van der Waals surface area contributed by atoms with Gasteiger partial charge in [0.1, 0.15) is 0 Å². The standard InChI is InChI=1S/C18H32O2/c1-4-5-6-7-8-9-10-11-12-13-14-17(2)15-16-18(19)20-3/h10-13,17H,4-9,14-16H2,1-3H3/b11-10+,13-12+/t17-/m1/s1. The van der Waals surface area contributed by atoms with E-state index in [9.17, 15) is 4.79 Å². The fourth-order valence-corrected chi connectivity index (χ4v) is 2.01. The molecule has 0 N–H and O–H groups in total. The number of methoxy groups -OCH3 is 1. The van der Waals surface area contributed by atoms with Gasteiger partial charge in [-0.25, -0.2) is 0 Å². The minimum atomic E-state index is -0.108. The Hall–Kier alpha value is -1.05. The lowest BCUT2D eigenvalue weighted by Gasteiger charge is -2.06. The zero-order chi connectivity index (χ0) is 15.1. The number of hydrogen-bond donors (Lipinski definition) is 0. The maximum absolute atomic E-state index is 11.0. The monoisotopic (exact) mass is 280 g/mol. The molecule has 0 amide bonds. The van der Waals surface area contributed by atoms with Crippen LogP contribution in [0, 0.1) is 5.92 Å². The SMILES string of the molecule is CCCCCCC/C=C/C=C/C[C@@H](C)CCC(=O)OC. The van der Waals surface area contributed by atoms with E-state index in [1.165, 1.54) is 45.6 Å². The minimum Gasteiger partial charge on any atom is -0.469 e. The molecule has 0 aliphatic carbocycles. The van der Waals surface area contributed by atoms with Gasteiger partial charge in [-0.15, -0.1) is 0 Å². The van der Waals surface area contributed by atoms with Gasteiger partial charge in [-0.3, -0.25) is 4.79 Å². The molecule has 0 aromatic carbocycles. The Kier molecular flexibility index (Phi) is 13.6. The summed E-state index contributed by atoms with van der Waals surface area (Å²) in [6.45, 7) is 4.42. The molecule has 20 heavy (non-hydrogen) atoms. The van der Waals surface area contributed by atoms with E-state index in [0.29, 0.717) is 12.3 Å². The summed E-state index contributed by atoms with van der Waals surface area (Å²) >= 11 is 0. The van der Waals surface area contributed by atoms with Crippen molar-refractivity contribution in [1.82, 2.24) is 0 Å². The number of allylic oxidation sites excluding steroid dienone is 4. The average molecular weight is 280 g/mol. The van der Waals surface area contributed by atoms with Crippen molar-refractivity contribution < 1.29 is 9.53 Å². The van der Waals surface area contributed by atoms with Crippen molar-refractivity contribution in [2.24, 2.45) is 5.92 Å².